The first-order chi connectivity index (χ1) is 9.53. The van der Waals surface area contributed by atoms with Gasteiger partial charge in [-0.2, -0.15) is 0 Å². The number of sulfonamides is 1. The van der Waals surface area contributed by atoms with Crippen molar-refractivity contribution in [1.82, 2.24) is 9.71 Å². The summed E-state index contributed by atoms with van der Waals surface area (Å²) in [7, 11) is -3.62. The van der Waals surface area contributed by atoms with Crippen molar-refractivity contribution >= 4 is 15.7 Å². The summed E-state index contributed by atoms with van der Waals surface area (Å²) in [5.74, 6) is 6.41. The molecule has 1 saturated carbocycles. The third-order valence-corrected chi connectivity index (χ3v) is 5.17. The highest BCUT2D eigenvalue weighted by molar-refractivity contribution is 7.89. The zero-order valence-electron chi connectivity index (χ0n) is 11.7. The SMILES string of the molecule is CC1CCCC(CNS(=O)(=O)c2ncccc2NN)C1. The van der Waals surface area contributed by atoms with E-state index in [1.54, 1.807) is 12.1 Å². The summed E-state index contributed by atoms with van der Waals surface area (Å²) in [6.07, 6.45) is 6.01. The fourth-order valence-electron chi connectivity index (χ4n) is 2.76. The van der Waals surface area contributed by atoms with Crippen molar-refractivity contribution in [3.63, 3.8) is 0 Å². The second-order valence-electron chi connectivity index (χ2n) is 5.49. The van der Waals surface area contributed by atoms with Crippen molar-refractivity contribution < 1.29 is 8.42 Å². The minimum Gasteiger partial charge on any atom is -0.321 e. The van der Waals surface area contributed by atoms with E-state index in [1.165, 1.54) is 19.0 Å². The lowest BCUT2D eigenvalue weighted by atomic mass is 9.83. The highest BCUT2D eigenvalue weighted by Crippen LogP contribution is 2.28. The van der Waals surface area contributed by atoms with Crippen LogP contribution in [0.2, 0.25) is 0 Å². The van der Waals surface area contributed by atoms with E-state index < -0.39 is 10.0 Å². The molecule has 7 heteroatoms. The molecule has 0 bridgehead atoms. The molecule has 1 aliphatic rings. The van der Waals surface area contributed by atoms with Crippen molar-refractivity contribution in [2.75, 3.05) is 12.0 Å². The number of pyridine rings is 1. The number of nitrogens with zero attached hydrogens (tertiary/aromatic N) is 1. The van der Waals surface area contributed by atoms with E-state index in [1.807, 2.05) is 0 Å². The number of nitrogens with one attached hydrogen (secondary N) is 2. The van der Waals surface area contributed by atoms with Gasteiger partial charge >= 0.3 is 0 Å². The van der Waals surface area contributed by atoms with Gasteiger partial charge < -0.3 is 5.43 Å². The molecule has 1 fully saturated rings. The Labute approximate surface area is 120 Å². The normalized spacial score (nSPS) is 23.5. The second kappa shape index (κ2) is 6.51. The van der Waals surface area contributed by atoms with E-state index in [9.17, 15) is 8.42 Å². The molecule has 0 aliphatic heterocycles. The molecule has 0 radical (unpaired) electrons. The van der Waals surface area contributed by atoms with E-state index in [2.05, 4.69) is 22.1 Å². The summed E-state index contributed by atoms with van der Waals surface area (Å²) in [6, 6.07) is 3.22. The number of rotatable bonds is 5. The number of anilines is 1. The molecular formula is C13H22N4O2S. The van der Waals surface area contributed by atoms with Crippen LogP contribution >= 0.6 is 0 Å². The maximum atomic E-state index is 12.3. The second-order valence-corrected chi connectivity index (χ2v) is 7.17. The van der Waals surface area contributed by atoms with Gasteiger partial charge in [0.1, 0.15) is 0 Å². The summed E-state index contributed by atoms with van der Waals surface area (Å²) in [5.41, 5.74) is 2.67. The average Bonchev–Trinajstić information content (AvgIpc) is 2.45. The third-order valence-electron chi connectivity index (χ3n) is 3.79. The number of aromatic nitrogens is 1. The largest absolute Gasteiger partial charge is 0.321 e. The molecule has 2 atom stereocenters. The quantitative estimate of drug-likeness (QED) is 0.565. The van der Waals surface area contributed by atoms with Crippen molar-refractivity contribution in [2.45, 2.75) is 37.6 Å². The Balaban J connectivity index is 2.04. The minimum atomic E-state index is -3.62. The Morgan fingerprint density at radius 1 is 1.45 bits per heavy atom. The molecule has 20 heavy (non-hydrogen) atoms. The summed E-state index contributed by atoms with van der Waals surface area (Å²) in [6.45, 7) is 2.68. The fourth-order valence-corrected chi connectivity index (χ4v) is 3.96. The Kier molecular flexibility index (Phi) is 4.95. The van der Waals surface area contributed by atoms with Gasteiger partial charge in [0.05, 0.1) is 5.69 Å². The maximum Gasteiger partial charge on any atom is 0.260 e. The smallest absolute Gasteiger partial charge is 0.260 e. The third kappa shape index (κ3) is 3.68. The van der Waals surface area contributed by atoms with Crippen LogP contribution in [0.5, 0.6) is 0 Å². The van der Waals surface area contributed by atoms with Crippen LogP contribution in [-0.4, -0.2) is 19.9 Å². The first-order valence-electron chi connectivity index (χ1n) is 6.94. The number of hydrogen-bond acceptors (Lipinski definition) is 5. The van der Waals surface area contributed by atoms with Crippen LogP contribution in [0.15, 0.2) is 23.4 Å². The van der Waals surface area contributed by atoms with E-state index in [4.69, 9.17) is 5.84 Å². The lowest BCUT2D eigenvalue weighted by molar-refractivity contribution is 0.283. The van der Waals surface area contributed by atoms with Crippen molar-refractivity contribution in [1.29, 1.82) is 0 Å². The van der Waals surface area contributed by atoms with Crippen LogP contribution in [0.1, 0.15) is 32.6 Å². The van der Waals surface area contributed by atoms with Crippen molar-refractivity contribution in [3.8, 4) is 0 Å². The number of nitrogens with two attached hydrogens (primary N) is 1. The van der Waals surface area contributed by atoms with Crippen LogP contribution in [0.3, 0.4) is 0 Å². The summed E-state index contributed by atoms with van der Waals surface area (Å²) in [5, 5.41) is -0.0497. The van der Waals surface area contributed by atoms with Crippen LogP contribution in [0.4, 0.5) is 5.69 Å². The summed E-state index contributed by atoms with van der Waals surface area (Å²) in [4.78, 5) is 3.91. The molecule has 2 rings (SSSR count). The fraction of sp³-hybridized carbons (Fsp3) is 0.615. The van der Waals surface area contributed by atoms with Crippen LogP contribution in [0, 0.1) is 11.8 Å². The van der Waals surface area contributed by atoms with Gasteiger partial charge in [0.15, 0.2) is 5.03 Å². The zero-order chi connectivity index (χ0) is 14.6. The van der Waals surface area contributed by atoms with E-state index in [0.717, 1.165) is 12.8 Å². The Morgan fingerprint density at radius 2 is 2.25 bits per heavy atom. The molecule has 0 amide bonds. The zero-order valence-corrected chi connectivity index (χ0v) is 12.5. The monoisotopic (exact) mass is 298 g/mol. The molecule has 6 nitrogen and oxygen atoms in total. The topological polar surface area (TPSA) is 97.1 Å². The number of hydrazine groups is 1. The predicted molar refractivity (Wildman–Crippen MR) is 78.4 cm³/mol. The Bertz CT molecular complexity index is 547. The average molecular weight is 298 g/mol. The lowest BCUT2D eigenvalue weighted by Gasteiger charge is -2.26. The highest BCUT2D eigenvalue weighted by atomic mass is 32.2. The van der Waals surface area contributed by atoms with Crippen LogP contribution < -0.4 is 16.0 Å². The molecule has 0 saturated heterocycles. The number of hydrogen-bond donors (Lipinski definition) is 3. The maximum absolute atomic E-state index is 12.3. The molecular weight excluding hydrogens is 276 g/mol. The molecule has 0 aromatic carbocycles. The van der Waals surface area contributed by atoms with E-state index >= 15 is 0 Å². The molecule has 1 aromatic heterocycles. The van der Waals surface area contributed by atoms with E-state index in [0.29, 0.717) is 24.1 Å². The van der Waals surface area contributed by atoms with Crippen molar-refractivity contribution in [2.24, 2.45) is 17.7 Å². The van der Waals surface area contributed by atoms with Crippen LogP contribution in [-0.2, 0) is 10.0 Å². The predicted octanol–water partition coefficient (Wildman–Crippen LogP) is 1.47. The van der Waals surface area contributed by atoms with Gasteiger partial charge in [-0.1, -0.05) is 19.8 Å². The summed E-state index contributed by atoms with van der Waals surface area (Å²) < 4.78 is 27.2. The standard InChI is InChI=1S/C13H22N4O2S/c1-10-4-2-5-11(8-10)9-16-20(18,19)13-12(17-14)6-3-7-15-13/h3,6-7,10-11,16-17H,2,4-5,8-9,14H2,1H3. The lowest BCUT2D eigenvalue weighted by Crippen LogP contribution is -2.32. The van der Waals surface area contributed by atoms with Gasteiger partial charge in [-0.3, -0.25) is 5.84 Å². The summed E-state index contributed by atoms with van der Waals surface area (Å²) >= 11 is 0. The Morgan fingerprint density at radius 3 is 2.95 bits per heavy atom. The Hall–Kier alpha value is -1.18. The first-order valence-corrected chi connectivity index (χ1v) is 8.42. The van der Waals surface area contributed by atoms with E-state index in [-0.39, 0.29) is 5.03 Å². The molecule has 1 aliphatic carbocycles. The molecule has 112 valence electrons. The van der Waals surface area contributed by atoms with Gasteiger partial charge in [0.25, 0.3) is 10.0 Å². The number of nitrogen functional groups attached to an aromatic ring is 1. The van der Waals surface area contributed by atoms with Gasteiger partial charge in [-0.05, 0) is 36.8 Å². The minimum absolute atomic E-state index is 0.0497. The molecule has 0 spiro atoms. The molecule has 1 aromatic rings. The molecule has 4 N–H and O–H groups in total. The van der Waals surface area contributed by atoms with Crippen LogP contribution in [0.25, 0.3) is 0 Å². The van der Waals surface area contributed by atoms with Gasteiger partial charge in [-0.25, -0.2) is 18.1 Å². The highest BCUT2D eigenvalue weighted by Gasteiger charge is 2.24. The first kappa shape index (κ1) is 15.2. The van der Waals surface area contributed by atoms with Crippen molar-refractivity contribution in [3.05, 3.63) is 18.3 Å². The van der Waals surface area contributed by atoms with Gasteiger partial charge in [0.2, 0.25) is 0 Å². The van der Waals surface area contributed by atoms with Gasteiger partial charge in [0, 0.05) is 12.7 Å². The molecule has 1 heterocycles. The van der Waals surface area contributed by atoms with Gasteiger partial charge in [-0.15, -0.1) is 0 Å². The molecule has 2 unspecified atom stereocenters.